The molecule has 5 nitrogen and oxygen atoms in total. The van der Waals surface area contributed by atoms with Crippen LogP contribution in [0.15, 0.2) is 35.3 Å². The molecule has 0 aliphatic heterocycles. The van der Waals surface area contributed by atoms with Crippen LogP contribution in [-0.2, 0) is 6.54 Å². The number of aromatic nitrogens is 3. The van der Waals surface area contributed by atoms with Gasteiger partial charge >= 0.3 is 0 Å². The van der Waals surface area contributed by atoms with Gasteiger partial charge in [-0.1, -0.05) is 12.1 Å². The summed E-state index contributed by atoms with van der Waals surface area (Å²) in [5, 5.41) is 8.89. The number of benzene rings is 1. The van der Waals surface area contributed by atoms with Crippen LogP contribution in [0.1, 0.15) is 12.6 Å². The molecule has 0 aliphatic rings. The van der Waals surface area contributed by atoms with Crippen LogP contribution in [0.5, 0.6) is 0 Å². The standard InChI is InChI=1S/C13H10N4O/c1-2-16-10-5-3-4-6-11(10)17-8-9(7-14)15-12(17)13(16)18/h3-6,8H,2H2,1H3. The van der Waals surface area contributed by atoms with Gasteiger partial charge in [0.15, 0.2) is 5.69 Å². The molecule has 88 valence electrons. The Labute approximate surface area is 103 Å². The van der Waals surface area contributed by atoms with E-state index in [4.69, 9.17) is 5.26 Å². The van der Waals surface area contributed by atoms with Crippen LogP contribution in [0.3, 0.4) is 0 Å². The SMILES string of the molecule is CCn1c(=O)c2nc(C#N)cn2c2ccccc21. The van der Waals surface area contributed by atoms with Gasteiger partial charge in [0.05, 0.1) is 11.0 Å². The molecule has 2 aromatic heterocycles. The minimum atomic E-state index is -0.169. The maximum atomic E-state index is 12.3. The van der Waals surface area contributed by atoms with Gasteiger partial charge in [0.2, 0.25) is 5.65 Å². The summed E-state index contributed by atoms with van der Waals surface area (Å²) in [6.07, 6.45) is 1.60. The third-order valence-electron chi connectivity index (χ3n) is 3.01. The first-order chi connectivity index (χ1) is 8.76. The Morgan fingerprint density at radius 2 is 2.06 bits per heavy atom. The fourth-order valence-corrected chi connectivity index (χ4v) is 2.21. The fraction of sp³-hybridized carbons (Fsp3) is 0.154. The third kappa shape index (κ3) is 1.26. The van der Waals surface area contributed by atoms with Crippen molar-refractivity contribution in [2.24, 2.45) is 0 Å². The lowest BCUT2D eigenvalue weighted by Gasteiger charge is -2.09. The second-order valence-corrected chi connectivity index (χ2v) is 3.97. The van der Waals surface area contributed by atoms with Gasteiger partial charge in [-0.2, -0.15) is 5.26 Å². The number of nitriles is 1. The zero-order valence-corrected chi connectivity index (χ0v) is 9.79. The van der Waals surface area contributed by atoms with Gasteiger partial charge in [0, 0.05) is 12.7 Å². The number of aryl methyl sites for hydroxylation is 1. The van der Waals surface area contributed by atoms with Gasteiger partial charge in [-0.25, -0.2) is 4.98 Å². The zero-order chi connectivity index (χ0) is 12.7. The zero-order valence-electron chi connectivity index (χ0n) is 9.79. The van der Waals surface area contributed by atoms with E-state index in [2.05, 4.69) is 4.98 Å². The van der Waals surface area contributed by atoms with Gasteiger partial charge < -0.3 is 4.57 Å². The first kappa shape index (κ1) is 10.5. The second kappa shape index (κ2) is 3.70. The Balaban J connectivity index is 2.65. The third-order valence-corrected chi connectivity index (χ3v) is 3.01. The molecule has 2 heterocycles. The van der Waals surface area contributed by atoms with Gasteiger partial charge in [0.25, 0.3) is 5.56 Å². The highest BCUT2D eigenvalue weighted by Gasteiger charge is 2.12. The molecule has 0 amide bonds. The molecule has 1 aromatic carbocycles. The molecule has 0 saturated heterocycles. The van der Waals surface area contributed by atoms with Crippen molar-refractivity contribution in [1.29, 1.82) is 5.26 Å². The van der Waals surface area contributed by atoms with Crippen molar-refractivity contribution in [3.63, 3.8) is 0 Å². The van der Waals surface area contributed by atoms with Crippen molar-refractivity contribution < 1.29 is 0 Å². The lowest BCUT2D eigenvalue weighted by atomic mass is 10.3. The van der Waals surface area contributed by atoms with Crippen molar-refractivity contribution >= 4 is 16.7 Å². The highest BCUT2D eigenvalue weighted by atomic mass is 16.1. The maximum absolute atomic E-state index is 12.3. The number of rotatable bonds is 1. The molecule has 0 bridgehead atoms. The average Bonchev–Trinajstić information content (AvgIpc) is 2.84. The van der Waals surface area contributed by atoms with Crippen molar-refractivity contribution in [2.75, 3.05) is 0 Å². The first-order valence-corrected chi connectivity index (χ1v) is 5.67. The van der Waals surface area contributed by atoms with Crippen LogP contribution in [0, 0.1) is 11.3 Å². The second-order valence-electron chi connectivity index (χ2n) is 3.97. The number of nitrogens with zero attached hydrogens (tertiary/aromatic N) is 4. The minimum Gasteiger partial charge on any atom is -0.304 e. The number of fused-ring (bicyclic) bond motifs is 3. The van der Waals surface area contributed by atoms with E-state index in [0.29, 0.717) is 12.2 Å². The fourth-order valence-electron chi connectivity index (χ4n) is 2.21. The van der Waals surface area contributed by atoms with E-state index >= 15 is 0 Å². The monoisotopic (exact) mass is 238 g/mol. The molecule has 0 aliphatic carbocycles. The predicted molar refractivity (Wildman–Crippen MR) is 67.3 cm³/mol. The molecule has 0 radical (unpaired) electrons. The Morgan fingerprint density at radius 3 is 2.72 bits per heavy atom. The van der Waals surface area contributed by atoms with Crippen LogP contribution < -0.4 is 5.56 Å². The highest BCUT2D eigenvalue weighted by molar-refractivity contribution is 5.78. The molecule has 0 fully saturated rings. The molecule has 0 saturated carbocycles. The van der Waals surface area contributed by atoms with Crippen molar-refractivity contribution in [3.05, 3.63) is 46.5 Å². The molecular formula is C13H10N4O. The van der Waals surface area contributed by atoms with Crippen LogP contribution in [0.25, 0.3) is 16.7 Å². The minimum absolute atomic E-state index is 0.169. The van der Waals surface area contributed by atoms with Crippen LogP contribution >= 0.6 is 0 Å². The number of hydrogen-bond donors (Lipinski definition) is 0. The van der Waals surface area contributed by atoms with E-state index in [9.17, 15) is 4.79 Å². The summed E-state index contributed by atoms with van der Waals surface area (Å²) in [4.78, 5) is 16.3. The lowest BCUT2D eigenvalue weighted by molar-refractivity contribution is 0.757. The molecule has 3 aromatic rings. The molecule has 0 N–H and O–H groups in total. The number of para-hydroxylation sites is 2. The molecule has 0 spiro atoms. The number of imidazole rings is 1. The van der Waals surface area contributed by atoms with E-state index < -0.39 is 0 Å². The smallest absolute Gasteiger partial charge is 0.294 e. The lowest BCUT2D eigenvalue weighted by Crippen LogP contribution is -2.22. The molecule has 0 unspecified atom stereocenters. The van der Waals surface area contributed by atoms with Gasteiger partial charge in [-0.15, -0.1) is 0 Å². The molecule has 5 heteroatoms. The van der Waals surface area contributed by atoms with Gasteiger partial charge in [0.1, 0.15) is 6.07 Å². The summed E-state index contributed by atoms with van der Waals surface area (Å²) >= 11 is 0. The quantitative estimate of drug-likeness (QED) is 0.646. The maximum Gasteiger partial charge on any atom is 0.294 e. The molecule has 0 atom stereocenters. The predicted octanol–water partition coefficient (Wildman–Crippen LogP) is 1.54. The summed E-state index contributed by atoms with van der Waals surface area (Å²) in [5.41, 5.74) is 2.11. The summed E-state index contributed by atoms with van der Waals surface area (Å²) in [6.45, 7) is 2.49. The first-order valence-electron chi connectivity index (χ1n) is 5.67. The van der Waals surface area contributed by atoms with E-state index in [1.807, 2.05) is 37.3 Å². The molecule has 18 heavy (non-hydrogen) atoms. The topological polar surface area (TPSA) is 63.1 Å². The van der Waals surface area contributed by atoms with Crippen molar-refractivity contribution in [3.8, 4) is 6.07 Å². The van der Waals surface area contributed by atoms with Gasteiger partial charge in [-0.05, 0) is 19.1 Å². The summed E-state index contributed by atoms with van der Waals surface area (Å²) in [5.74, 6) is 0. The Hall–Kier alpha value is -2.61. The molecular weight excluding hydrogens is 228 g/mol. The summed E-state index contributed by atoms with van der Waals surface area (Å²) in [7, 11) is 0. The van der Waals surface area contributed by atoms with Gasteiger partial charge in [-0.3, -0.25) is 9.20 Å². The largest absolute Gasteiger partial charge is 0.304 e. The van der Waals surface area contributed by atoms with Crippen molar-refractivity contribution in [1.82, 2.24) is 14.0 Å². The van der Waals surface area contributed by atoms with E-state index in [0.717, 1.165) is 11.0 Å². The van der Waals surface area contributed by atoms with E-state index in [1.54, 1.807) is 15.2 Å². The Kier molecular flexibility index (Phi) is 2.17. The molecule has 3 rings (SSSR count). The Morgan fingerprint density at radius 1 is 1.33 bits per heavy atom. The van der Waals surface area contributed by atoms with Crippen LogP contribution in [0.4, 0.5) is 0 Å². The van der Waals surface area contributed by atoms with E-state index in [-0.39, 0.29) is 11.3 Å². The highest BCUT2D eigenvalue weighted by Crippen LogP contribution is 2.14. The summed E-state index contributed by atoms with van der Waals surface area (Å²) < 4.78 is 3.35. The van der Waals surface area contributed by atoms with Crippen LogP contribution in [0.2, 0.25) is 0 Å². The number of hydrogen-bond acceptors (Lipinski definition) is 3. The average molecular weight is 238 g/mol. The normalized spacial score (nSPS) is 10.9. The Bertz CT molecular complexity index is 851. The van der Waals surface area contributed by atoms with Crippen LogP contribution in [-0.4, -0.2) is 14.0 Å². The summed E-state index contributed by atoms with van der Waals surface area (Å²) in [6, 6.07) is 9.57. The van der Waals surface area contributed by atoms with E-state index in [1.165, 1.54) is 0 Å². The van der Waals surface area contributed by atoms with Crippen molar-refractivity contribution in [2.45, 2.75) is 13.5 Å².